The molecule has 3 rings (SSSR count). The molecule has 0 atom stereocenters. The quantitative estimate of drug-likeness (QED) is 0.622. The molecule has 0 radical (unpaired) electrons. The third-order valence-corrected chi connectivity index (χ3v) is 3.56. The number of aromatic amines is 1. The fourth-order valence-electron chi connectivity index (χ4n) is 2.02. The van der Waals surface area contributed by atoms with Gasteiger partial charge in [-0.05, 0) is 29.8 Å². The normalized spacial score (nSPS) is 12.0. The molecule has 0 aliphatic heterocycles. The van der Waals surface area contributed by atoms with E-state index in [1.807, 2.05) is 0 Å². The summed E-state index contributed by atoms with van der Waals surface area (Å²) in [5, 5.41) is 0.900. The van der Waals surface area contributed by atoms with Crippen LogP contribution in [0.3, 0.4) is 0 Å². The first-order chi connectivity index (χ1) is 9.84. The van der Waals surface area contributed by atoms with Crippen LogP contribution in [0.1, 0.15) is 5.82 Å². The number of nitrogens with one attached hydrogen (secondary N) is 1. The number of imidazole rings is 1. The fraction of sp³-hybridized carbons (Fsp3) is 0.0714. The molecule has 0 unspecified atom stereocenters. The summed E-state index contributed by atoms with van der Waals surface area (Å²) in [4.78, 5) is 5.79. The standard InChI is InChI=1S/C14H7Cl2F3N2/c15-8-3-1-7(2-4-8)9-5-11-12(6-10(9)16)21-13(20-11)14(17,18)19/h1-6H,(H,20,21). The van der Waals surface area contributed by atoms with Gasteiger partial charge in [-0.25, -0.2) is 4.98 Å². The molecule has 1 heterocycles. The number of fused-ring (bicyclic) bond motifs is 1. The first kappa shape index (κ1) is 14.2. The van der Waals surface area contributed by atoms with Crippen LogP contribution in [-0.2, 0) is 6.18 Å². The lowest BCUT2D eigenvalue weighted by Crippen LogP contribution is -2.06. The third-order valence-electron chi connectivity index (χ3n) is 2.99. The maximum absolute atomic E-state index is 12.7. The Morgan fingerprint density at radius 2 is 1.67 bits per heavy atom. The number of hydrogen-bond acceptors (Lipinski definition) is 1. The van der Waals surface area contributed by atoms with E-state index in [0.717, 1.165) is 5.56 Å². The fourth-order valence-corrected chi connectivity index (χ4v) is 2.41. The van der Waals surface area contributed by atoms with Crippen molar-refractivity contribution in [3.05, 3.63) is 52.3 Å². The number of hydrogen-bond donors (Lipinski definition) is 1. The molecule has 1 aromatic heterocycles. The summed E-state index contributed by atoms with van der Waals surface area (Å²) in [5.74, 6) is -1.04. The molecule has 2 nitrogen and oxygen atoms in total. The summed E-state index contributed by atoms with van der Waals surface area (Å²) in [5.41, 5.74) is 1.80. The van der Waals surface area contributed by atoms with E-state index >= 15 is 0 Å². The highest BCUT2D eigenvalue weighted by molar-refractivity contribution is 6.34. The van der Waals surface area contributed by atoms with Gasteiger partial charge in [0.05, 0.1) is 16.1 Å². The average Bonchev–Trinajstić information content (AvgIpc) is 2.81. The molecule has 0 aliphatic rings. The van der Waals surface area contributed by atoms with E-state index in [9.17, 15) is 13.2 Å². The molecule has 0 fully saturated rings. The summed E-state index contributed by atoms with van der Waals surface area (Å²) >= 11 is 12.0. The molecule has 1 N–H and O–H groups in total. The minimum Gasteiger partial charge on any atom is -0.334 e. The summed E-state index contributed by atoms with van der Waals surface area (Å²) in [6.07, 6.45) is -4.52. The molecule has 21 heavy (non-hydrogen) atoms. The maximum atomic E-state index is 12.7. The van der Waals surface area contributed by atoms with Gasteiger partial charge < -0.3 is 4.98 Å². The van der Waals surface area contributed by atoms with E-state index in [2.05, 4.69) is 9.97 Å². The molecular weight excluding hydrogens is 324 g/mol. The van der Waals surface area contributed by atoms with Gasteiger partial charge in [0.25, 0.3) is 0 Å². The summed E-state index contributed by atoms with van der Waals surface area (Å²) in [6, 6.07) is 9.81. The first-order valence-corrected chi connectivity index (χ1v) is 6.62. The van der Waals surface area contributed by atoms with Crippen molar-refractivity contribution in [2.75, 3.05) is 0 Å². The Morgan fingerprint density at radius 1 is 1.00 bits per heavy atom. The lowest BCUT2D eigenvalue weighted by atomic mass is 10.1. The topological polar surface area (TPSA) is 28.7 Å². The van der Waals surface area contributed by atoms with Crippen molar-refractivity contribution in [3.8, 4) is 11.1 Å². The molecule has 0 saturated heterocycles. The van der Waals surface area contributed by atoms with Crippen molar-refractivity contribution in [1.82, 2.24) is 9.97 Å². The van der Waals surface area contributed by atoms with Crippen molar-refractivity contribution in [3.63, 3.8) is 0 Å². The molecule has 0 amide bonds. The molecule has 0 spiro atoms. The van der Waals surface area contributed by atoms with Crippen LogP contribution in [0.15, 0.2) is 36.4 Å². The van der Waals surface area contributed by atoms with E-state index < -0.39 is 12.0 Å². The van der Waals surface area contributed by atoms with Gasteiger partial charge in [-0.1, -0.05) is 35.3 Å². The van der Waals surface area contributed by atoms with Crippen molar-refractivity contribution < 1.29 is 13.2 Å². The van der Waals surface area contributed by atoms with Crippen LogP contribution >= 0.6 is 23.2 Å². The van der Waals surface area contributed by atoms with Crippen LogP contribution in [0.25, 0.3) is 22.2 Å². The zero-order valence-corrected chi connectivity index (χ0v) is 11.8. The van der Waals surface area contributed by atoms with E-state index in [4.69, 9.17) is 23.2 Å². The predicted octanol–water partition coefficient (Wildman–Crippen LogP) is 5.56. The van der Waals surface area contributed by atoms with Gasteiger partial charge in [-0.3, -0.25) is 0 Å². The number of H-pyrrole nitrogens is 1. The van der Waals surface area contributed by atoms with Gasteiger partial charge in [0.1, 0.15) is 0 Å². The van der Waals surface area contributed by atoms with Gasteiger partial charge >= 0.3 is 6.18 Å². The molecule has 7 heteroatoms. The van der Waals surface area contributed by atoms with Crippen LogP contribution in [0.4, 0.5) is 13.2 Å². The van der Waals surface area contributed by atoms with Crippen molar-refractivity contribution in [2.45, 2.75) is 6.18 Å². The van der Waals surface area contributed by atoms with Crippen LogP contribution in [-0.4, -0.2) is 9.97 Å². The largest absolute Gasteiger partial charge is 0.449 e. The number of halogens is 5. The van der Waals surface area contributed by atoms with E-state index in [0.29, 0.717) is 15.6 Å². The Kier molecular flexibility index (Phi) is 3.34. The third kappa shape index (κ3) is 2.71. The van der Waals surface area contributed by atoms with Crippen LogP contribution in [0.2, 0.25) is 10.0 Å². The minimum atomic E-state index is -4.52. The van der Waals surface area contributed by atoms with Crippen LogP contribution < -0.4 is 0 Å². The number of aromatic nitrogens is 2. The second-order valence-corrected chi connectivity index (χ2v) is 5.28. The SMILES string of the molecule is FC(F)(F)c1nc2cc(-c3ccc(Cl)cc3)c(Cl)cc2[nH]1. The Balaban J connectivity index is 2.16. The average molecular weight is 331 g/mol. The second kappa shape index (κ2) is 4.93. The molecule has 0 aliphatic carbocycles. The lowest BCUT2D eigenvalue weighted by Gasteiger charge is -2.04. The highest BCUT2D eigenvalue weighted by Crippen LogP contribution is 2.34. The van der Waals surface area contributed by atoms with Crippen molar-refractivity contribution in [1.29, 1.82) is 0 Å². The van der Waals surface area contributed by atoms with Gasteiger partial charge in [0.2, 0.25) is 5.82 Å². The zero-order chi connectivity index (χ0) is 15.2. The number of benzene rings is 2. The lowest BCUT2D eigenvalue weighted by molar-refractivity contribution is -0.144. The molecule has 108 valence electrons. The summed E-state index contributed by atoms with van der Waals surface area (Å²) in [6.45, 7) is 0. The summed E-state index contributed by atoms with van der Waals surface area (Å²) < 4.78 is 38.0. The molecular formula is C14H7Cl2F3N2. The Bertz CT molecular complexity index is 807. The van der Waals surface area contributed by atoms with Gasteiger partial charge in [-0.15, -0.1) is 0 Å². The van der Waals surface area contributed by atoms with E-state index in [-0.39, 0.29) is 11.0 Å². The number of rotatable bonds is 1. The summed E-state index contributed by atoms with van der Waals surface area (Å²) in [7, 11) is 0. The molecule has 3 aromatic rings. The van der Waals surface area contributed by atoms with Crippen LogP contribution in [0.5, 0.6) is 0 Å². The molecule has 2 aromatic carbocycles. The highest BCUT2D eigenvalue weighted by Gasteiger charge is 2.34. The predicted molar refractivity (Wildman–Crippen MR) is 76.6 cm³/mol. The second-order valence-electron chi connectivity index (χ2n) is 4.44. The Morgan fingerprint density at radius 3 is 2.29 bits per heavy atom. The van der Waals surface area contributed by atoms with Gasteiger partial charge in [0, 0.05) is 10.6 Å². The monoisotopic (exact) mass is 330 g/mol. The Hall–Kier alpha value is -1.72. The van der Waals surface area contributed by atoms with Gasteiger partial charge in [0.15, 0.2) is 0 Å². The van der Waals surface area contributed by atoms with Crippen molar-refractivity contribution in [2.24, 2.45) is 0 Å². The van der Waals surface area contributed by atoms with Gasteiger partial charge in [-0.2, -0.15) is 13.2 Å². The highest BCUT2D eigenvalue weighted by atomic mass is 35.5. The van der Waals surface area contributed by atoms with E-state index in [1.165, 1.54) is 12.1 Å². The smallest absolute Gasteiger partial charge is 0.334 e. The van der Waals surface area contributed by atoms with E-state index in [1.54, 1.807) is 24.3 Å². The number of alkyl halides is 3. The van der Waals surface area contributed by atoms with Crippen molar-refractivity contribution >= 4 is 34.2 Å². The maximum Gasteiger partial charge on any atom is 0.449 e. The molecule has 0 bridgehead atoms. The number of nitrogens with zero attached hydrogens (tertiary/aromatic N) is 1. The molecule has 0 saturated carbocycles. The Labute approximate surface area is 127 Å². The first-order valence-electron chi connectivity index (χ1n) is 5.87. The van der Waals surface area contributed by atoms with Crippen LogP contribution in [0, 0.1) is 0 Å². The zero-order valence-electron chi connectivity index (χ0n) is 10.3. The minimum absolute atomic E-state index is 0.205.